The van der Waals surface area contributed by atoms with Gasteiger partial charge in [-0.2, -0.15) is 0 Å². The fraction of sp³-hybridized carbons (Fsp3) is 0.864. The van der Waals surface area contributed by atoms with Crippen molar-refractivity contribution in [3.8, 4) is 0 Å². The van der Waals surface area contributed by atoms with Crippen LogP contribution in [-0.4, -0.2) is 44.7 Å². The van der Waals surface area contributed by atoms with Gasteiger partial charge in [0.05, 0.1) is 17.8 Å². The lowest BCUT2D eigenvalue weighted by atomic mass is 10.1. The van der Waals surface area contributed by atoms with Crippen molar-refractivity contribution in [2.75, 3.05) is 13.2 Å². The number of hydrogen-bond donors (Lipinski definition) is 1. The number of Topliss-reactive ketones (excluding diaryl/α,β-unsaturated/α-hetero) is 1. The molecular weight excluding hydrogens is 354 g/mol. The van der Waals surface area contributed by atoms with Crippen molar-refractivity contribution in [3.63, 3.8) is 0 Å². The zero-order chi connectivity index (χ0) is 22.2. The van der Waals surface area contributed by atoms with Gasteiger partial charge in [-0.3, -0.25) is 4.79 Å². The van der Waals surface area contributed by atoms with Gasteiger partial charge in [-0.05, 0) is 38.5 Å². The van der Waals surface area contributed by atoms with Crippen LogP contribution < -0.4 is 0 Å². The van der Waals surface area contributed by atoms with E-state index in [9.17, 15) is 4.79 Å². The predicted molar refractivity (Wildman–Crippen MR) is 116 cm³/mol. The lowest BCUT2D eigenvalue weighted by molar-refractivity contribution is -0.118. The molecule has 0 atom stereocenters. The number of aryl methyl sites for hydroxylation is 1. The zero-order valence-corrected chi connectivity index (χ0v) is 19.8. The molecule has 166 valence electrons. The number of carbonyl (C=O) groups is 1. The Morgan fingerprint density at radius 1 is 1.21 bits per heavy atom. The molecule has 28 heavy (non-hydrogen) atoms. The zero-order valence-electron chi connectivity index (χ0n) is 19.8. The minimum Gasteiger partial charge on any atom is -0.396 e. The van der Waals surface area contributed by atoms with Crippen molar-refractivity contribution >= 4 is 5.78 Å². The van der Waals surface area contributed by atoms with Crippen LogP contribution in [-0.2, 0) is 22.5 Å². The Kier molecular flexibility index (Phi) is 17.2. The Hall–Kier alpha value is -1.27. The van der Waals surface area contributed by atoms with Crippen LogP contribution >= 0.6 is 0 Å². The van der Waals surface area contributed by atoms with E-state index >= 15 is 0 Å². The third-order valence-corrected chi connectivity index (χ3v) is 3.74. The van der Waals surface area contributed by atoms with Gasteiger partial charge in [0.25, 0.3) is 0 Å². The summed E-state index contributed by atoms with van der Waals surface area (Å²) in [5, 5.41) is 16.4. The molecule has 0 fully saturated rings. The minimum absolute atomic E-state index is 0.265. The summed E-state index contributed by atoms with van der Waals surface area (Å²) >= 11 is 0. The van der Waals surface area contributed by atoms with E-state index in [0.717, 1.165) is 18.7 Å². The third kappa shape index (κ3) is 16.9. The Bertz CT molecular complexity index is 497. The van der Waals surface area contributed by atoms with Crippen molar-refractivity contribution in [2.45, 2.75) is 100 Å². The van der Waals surface area contributed by atoms with Gasteiger partial charge in [0.1, 0.15) is 5.78 Å². The number of rotatable bonds is 11. The molecule has 0 radical (unpaired) electrons. The summed E-state index contributed by atoms with van der Waals surface area (Å²) in [6, 6.07) is 0. The molecule has 1 aromatic rings. The molecule has 1 rings (SSSR count). The number of aliphatic hydroxyl groups is 1. The van der Waals surface area contributed by atoms with Crippen molar-refractivity contribution in [3.05, 3.63) is 11.9 Å². The monoisotopic (exact) mass is 399 g/mol. The highest BCUT2D eigenvalue weighted by Gasteiger charge is 2.20. The predicted octanol–water partition coefficient (Wildman–Crippen LogP) is 4.69. The summed E-state index contributed by atoms with van der Waals surface area (Å²) in [4.78, 5) is 11.3. The van der Waals surface area contributed by atoms with Crippen molar-refractivity contribution in [2.24, 2.45) is 11.8 Å². The van der Waals surface area contributed by atoms with Gasteiger partial charge < -0.3 is 9.84 Å². The average molecular weight is 400 g/mol. The number of ketones is 1. The summed E-state index contributed by atoms with van der Waals surface area (Å²) in [5.41, 5.74) is 0.605. The number of hydrogen-bond acceptors (Lipinski definition) is 5. The van der Waals surface area contributed by atoms with Crippen molar-refractivity contribution < 1.29 is 14.6 Å². The molecule has 0 amide bonds. The lowest BCUT2D eigenvalue weighted by Crippen LogP contribution is -2.31. The first-order valence-electron chi connectivity index (χ1n) is 10.7. The van der Waals surface area contributed by atoms with Gasteiger partial charge in [-0.25, -0.2) is 4.68 Å². The fourth-order valence-corrected chi connectivity index (χ4v) is 1.98. The maximum absolute atomic E-state index is 11.3. The number of carbonyl (C=O) groups excluding carboxylic acids is 1. The Labute approximate surface area is 173 Å². The highest BCUT2D eigenvalue weighted by Crippen LogP contribution is 2.14. The molecule has 0 spiro atoms. The minimum atomic E-state index is -0.265. The maximum Gasteiger partial charge on any atom is 0.133 e. The number of aliphatic hydroxyl groups excluding tert-OH is 1. The molecule has 0 unspecified atom stereocenters. The van der Waals surface area contributed by atoms with Gasteiger partial charge >= 0.3 is 0 Å². The van der Waals surface area contributed by atoms with Gasteiger partial charge in [0, 0.05) is 32.3 Å². The molecule has 6 nitrogen and oxygen atoms in total. The molecule has 0 saturated carbocycles. The summed E-state index contributed by atoms with van der Waals surface area (Å²) < 4.78 is 7.73. The van der Waals surface area contributed by atoms with Crippen LogP contribution in [0.5, 0.6) is 0 Å². The highest BCUT2D eigenvalue weighted by molar-refractivity contribution is 5.78. The van der Waals surface area contributed by atoms with E-state index in [1.807, 2.05) is 40.8 Å². The van der Waals surface area contributed by atoms with E-state index in [1.54, 1.807) is 4.68 Å². The topological polar surface area (TPSA) is 77.2 Å². The van der Waals surface area contributed by atoms with E-state index in [1.165, 1.54) is 0 Å². The van der Waals surface area contributed by atoms with Crippen LogP contribution in [0.25, 0.3) is 0 Å². The molecule has 0 saturated heterocycles. The van der Waals surface area contributed by atoms with Crippen molar-refractivity contribution in [1.29, 1.82) is 0 Å². The van der Waals surface area contributed by atoms with Crippen molar-refractivity contribution in [1.82, 2.24) is 15.0 Å². The Morgan fingerprint density at radius 3 is 2.25 bits per heavy atom. The smallest absolute Gasteiger partial charge is 0.133 e. The van der Waals surface area contributed by atoms with E-state index < -0.39 is 0 Å². The second-order valence-electron chi connectivity index (χ2n) is 8.17. The molecule has 0 aliphatic carbocycles. The van der Waals surface area contributed by atoms with Crippen LogP contribution in [0.4, 0.5) is 0 Å². The summed E-state index contributed by atoms with van der Waals surface area (Å²) in [7, 11) is 0. The van der Waals surface area contributed by atoms with Crippen LogP contribution in [0.15, 0.2) is 6.20 Å². The van der Waals surface area contributed by atoms with E-state index in [0.29, 0.717) is 44.2 Å². The maximum atomic E-state index is 11.3. The Morgan fingerprint density at radius 2 is 1.79 bits per heavy atom. The largest absolute Gasteiger partial charge is 0.396 e. The summed E-state index contributed by atoms with van der Waals surface area (Å²) in [6.07, 6.45) is 4.78. The number of aromatic nitrogens is 3. The number of ether oxygens (including phenoxy) is 1. The molecule has 0 bridgehead atoms. The van der Waals surface area contributed by atoms with Crippen LogP contribution in [0.3, 0.4) is 0 Å². The SMILES string of the molecule is CC.CC(C)CO.CCC(=O)CCc1cn(CC(C)(C)OCCC(C)C)nn1. The van der Waals surface area contributed by atoms with Crippen LogP contribution in [0.1, 0.15) is 87.3 Å². The van der Waals surface area contributed by atoms with E-state index in [4.69, 9.17) is 9.84 Å². The summed E-state index contributed by atoms with van der Waals surface area (Å²) in [5.74, 6) is 1.35. The van der Waals surface area contributed by atoms with Gasteiger partial charge in [-0.15, -0.1) is 5.10 Å². The molecular formula is C22H45N3O3. The standard InChI is InChI=1S/C16H29N3O2.C4H10O.C2H6/c1-6-15(20)8-7-14-11-19(18-17-14)12-16(4,5)21-10-9-13(2)3;1-4(2)3-5;1-2/h11,13H,6-10,12H2,1-5H3;4-5H,3H2,1-2H3;1-2H3. The lowest BCUT2D eigenvalue weighted by Gasteiger charge is -2.25. The molecule has 0 aliphatic heterocycles. The van der Waals surface area contributed by atoms with Gasteiger partial charge in [-0.1, -0.05) is 53.7 Å². The molecule has 0 aliphatic rings. The molecule has 1 aromatic heterocycles. The summed E-state index contributed by atoms with van der Waals surface area (Å²) in [6.45, 7) is 20.1. The molecule has 1 N–H and O–H groups in total. The van der Waals surface area contributed by atoms with Gasteiger partial charge in [0.15, 0.2) is 0 Å². The fourth-order valence-electron chi connectivity index (χ4n) is 1.98. The highest BCUT2D eigenvalue weighted by atomic mass is 16.5. The quantitative estimate of drug-likeness (QED) is 0.584. The van der Waals surface area contributed by atoms with Crippen LogP contribution in [0, 0.1) is 11.8 Å². The second-order valence-corrected chi connectivity index (χ2v) is 8.17. The number of nitrogens with zero attached hydrogens (tertiary/aromatic N) is 3. The Balaban J connectivity index is 0. The van der Waals surface area contributed by atoms with E-state index in [2.05, 4.69) is 38.0 Å². The molecule has 1 heterocycles. The normalized spacial score (nSPS) is 11.0. The average Bonchev–Trinajstić information content (AvgIpc) is 3.07. The first-order chi connectivity index (χ1) is 13.1. The molecule has 0 aromatic carbocycles. The van der Waals surface area contributed by atoms with Crippen LogP contribution in [0.2, 0.25) is 0 Å². The van der Waals surface area contributed by atoms with Gasteiger partial charge in [0.2, 0.25) is 0 Å². The molecule has 6 heteroatoms. The van der Waals surface area contributed by atoms with E-state index in [-0.39, 0.29) is 11.4 Å². The second kappa shape index (κ2) is 16.7. The first-order valence-corrected chi connectivity index (χ1v) is 10.7. The first kappa shape index (κ1) is 28.9. The third-order valence-electron chi connectivity index (χ3n) is 3.74.